The van der Waals surface area contributed by atoms with Gasteiger partial charge in [0, 0.05) is 35.7 Å². The number of hydrogen-bond acceptors (Lipinski definition) is 5. The molecule has 192 valence electrons. The molecule has 0 bridgehead atoms. The Labute approximate surface area is 215 Å². The number of carbonyl (C=O) groups is 2. The minimum atomic E-state index is -0.252. The zero-order valence-electron chi connectivity index (χ0n) is 21.5. The Morgan fingerprint density at radius 1 is 0.829 bits per heavy atom. The number of ether oxygens (including phenoxy) is 1. The fourth-order valence-corrected chi connectivity index (χ4v) is 4.05. The van der Waals surface area contributed by atoms with Crippen LogP contribution in [0.2, 0.25) is 0 Å². The fourth-order valence-electron chi connectivity index (χ4n) is 3.74. The van der Waals surface area contributed by atoms with Crippen molar-refractivity contribution >= 4 is 35.0 Å². The maximum absolute atomic E-state index is 12.8. The molecule has 0 spiro atoms. The van der Waals surface area contributed by atoms with Gasteiger partial charge in [-0.15, -0.1) is 0 Å². The Hall–Kier alpha value is -2.67. The fraction of sp³-hybridized carbons (Fsp3) is 0.500. The predicted octanol–water partition coefficient (Wildman–Crippen LogP) is 6.59. The van der Waals surface area contributed by atoms with Crippen molar-refractivity contribution in [3.8, 4) is 5.75 Å². The Morgan fingerprint density at radius 2 is 1.49 bits per heavy atom. The molecule has 6 nitrogen and oxygen atoms in total. The summed E-state index contributed by atoms with van der Waals surface area (Å²) in [7, 11) is 1.54. The summed E-state index contributed by atoms with van der Waals surface area (Å²) >= 11 is 1.67. The molecule has 2 aromatic carbocycles. The number of amides is 2. The quantitative estimate of drug-likeness (QED) is 0.214. The zero-order valence-corrected chi connectivity index (χ0v) is 22.3. The van der Waals surface area contributed by atoms with E-state index in [0.717, 1.165) is 24.4 Å². The average molecular weight is 500 g/mol. The van der Waals surface area contributed by atoms with Crippen molar-refractivity contribution in [2.75, 3.05) is 42.8 Å². The third-order valence-electron chi connectivity index (χ3n) is 5.81. The molecular weight excluding hydrogens is 458 g/mol. The zero-order chi connectivity index (χ0) is 25.3. The molecule has 2 amide bonds. The summed E-state index contributed by atoms with van der Waals surface area (Å²) in [5.74, 6) is 0.916. The molecule has 0 saturated carbocycles. The van der Waals surface area contributed by atoms with Gasteiger partial charge in [-0.1, -0.05) is 51.9 Å². The first-order valence-corrected chi connectivity index (χ1v) is 14.1. The molecule has 35 heavy (non-hydrogen) atoms. The Kier molecular flexibility index (Phi) is 13.8. The monoisotopic (exact) mass is 499 g/mol. The van der Waals surface area contributed by atoms with Gasteiger partial charge in [0.1, 0.15) is 5.75 Å². The van der Waals surface area contributed by atoms with Crippen LogP contribution in [0.1, 0.15) is 79.0 Å². The molecule has 0 radical (unpaired) electrons. The van der Waals surface area contributed by atoms with E-state index < -0.39 is 0 Å². The molecule has 0 atom stereocenters. The van der Waals surface area contributed by atoms with Crippen LogP contribution in [0.5, 0.6) is 5.75 Å². The molecule has 0 heterocycles. The van der Waals surface area contributed by atoms with Crippen molar-refractivity contribution in [2.24, 2.45) is 0 Å². The number of anilines is 2. The average Bonchev–Trinajstić information content (AvgIpc) is 2.88. The first-order valence-electron chi connectivity index (χ1n) is 12.7. The van der Waals surface area contributed by atoms with Gasteiger partial charge < -0.3 is 20.7 Å². The SMILES string of the molecule is CCCCCCCCCCNc1ccc(C(=O)Nc2cc(C(=O)NCCSC)ccc2OC)cc1. The first-order chi connectivity index (χ1) is 17.1. The van der Waals surface area contributed by atoms with Crippen molar-refractivity contribution in [3.05, 3.63) is 53.6 Å². The topological polar surface area (TPSA) is 79.5 Å². The van der Waals surface area contributed by atoms with Crippen molar-refractivity contribution < 1.29 is 14.3 Å². The van der Waals surface area contributed by atoms with Gasteiger partial charge in [-0.3, -0.25) is 9.59 Å². The van der Waals surface area contributed by atoms with E-state index in [9.17, 15) is 9.59 Å². The normalized spacial score (nSPS) is 10.6. The molecule has 0 fully saturated rings. The van der Waals surface area contributed by atoms with Gasteiger partial charge >= 0.3 is 0 Å². The van der Waals surface area contributed by atoms with Crippen LogP contribution in [0.3, 0.4) is 0 Å². The van der Waals surface area contributed by atoms with E-state index >= 15 is 0 Å². The second-order valence-electron chi connectivity index (χ2n) is 8.60. The van der Waals surface area contributed by atoms with E-state index in [1.165, 1.54) is 52.1 Å². The maximum atomic E-state index is 12.8. The van der Waals surface area contributed by atoms with Crippen LogP contribution in [-0.2, 0) is 0 Å². The summed E-state index contributed by atoms with van der Waals surface area (Å²) in [5.41, 5.74) is 2.49. The summed E-state index contributed by atoms with van der Waals surface area (Å²) in [5, 5.41) is 9.18. The molecule has 0 unspecified atom stereocenters. The van der Waals surface area contributed by atoms with Gasteiger partial charge in [-0.25, -0.2) is 0 Å². The van der Waals surface area contributed by atoms with E-state index in [1.807, 2.05) is 18.4 Å². The summed E-state index contributed by atoms with van der Waals surface area (Å²) < 4.78 is 5.37. The van der Waals surface area contributed by atoms with Crippen LogP contribution in [-0.4, -0.2) is 44.0 Å². The molecule has 0 aliphatic carbocycles. The van der Waals surface area contributed by atoms with Crippen LogP contribution in [0, 0.1) is 0 Å². The van der Waals surface area contributed by atoms with Crippen LogP contribution < -0.4 is 20.7 Å². The van der Waals surface area contributed by atoms with E-state index in [0.29, 0.717) is 29.1 Å². The van der Waals surface area contributed by atoms with Gasteiger partial charge in [-0.05, 0) is 55.1 Å². The van der Waals surface area contributed by atoms with E-state index in [2.05, 4.69) is 22.9 Å². The third-order valence-corrected chi connectivity index (χ3v) is 6.42. The van der Waals surface area contributed by atoms with Crippen LogP contribution in [0.4, 0.5) is 11.4 Å². The highest BCUT2D eigenvalue weighted by Crippen LogP contribution is 2.26. The highest BCUT2D eigenvalue weighted by Gasteiger charge is 2.13. The number of rotatable bonds is 17. The Bertz CT molecular complexity index is 903. The number of methoxy groups -OCH3 is 1. The second-order valence-corrected chi connectivity index (χ2v) is 9.58. The third kappa shape index (κ3) is 10.6. The van der Waals surface area contributed by atoms with Crippen LogP contribution in [0.25, 0.3) is 0 Å². The summed E-state index contributed by atoms with van der Waals surface area (Å²) in [6, 6.07) is 12.5. The van der Waals surface area contributed by atoms with Crippen molar-refractivity contribution in [1.29, 1.82) is 0 Å². The Morgan fingerprint density at radius 3 is 2.14 bits per heavy atom. The largest absolute Gasteiger partial charge is 0.495 e. The van der Waals surface area contributed by atoms with E-state index in [1.54, 1.807) is 42.1 Å². The number of benzene rings is 2. The van der Waals surface area contributed by atoms with Crippen LogP contribution >= 0.6 is 11.8 Å². The van der Waals surface area contributed by atoms with Gasteiger partial charge in [0.15, 0.2) is 0 Å². The van der Waals surface area contributed by atoms with Gasteiger partial charge in [0.2, 0.25) is 0 Å². The predicted molar refractivity (Wildman–Crippen MR) is 149 cm³/mol. The van der Waals surface area contributed by atoms with Crippen LogP contribution in [0.15, 0.2) is 42.5 Å². The minimum absolute atomic E-state index is 0.177. The molecule has 2 aromatic rings. The lowest BCUT2D eigenvalue weighted by atomic mass is 10.1. The lowest BCUT2D eigenvalue weighted by Gasteiger charge is -2.13. The molecule has 2 rings (SSSR count). The highest BCUT2D eigenvalue weighted by molar-refractivity contribution is 7.98. The molecule has 0 aliphatic heterocycles. The lowest BCUT2D eigenvalue weighted by Crippen LogP contribution is -2.25. The molecule has 3 N–H and O–H groups in total. The minimum Gasteiger partial charge on any atom is -0.495 e. The lowest BCUT2D eigenvalue weighted by molar-refractivity contribution is 0.0954. The van der Waals surface area contributed by atoms with Crippen molar-refractivity contribution in [3.63, 3.8) is 0 Å². The highest BCUT2D eigenvalue weighted by atomic mass is 32.2. The summed E-state index contributed by atoms with van der Waals surface area (Å²) in [4.78, 5) is 25.2. The Balaban J connectivity index is 1.83. The smallest absolute Gasteiger partial charge is 0.255 e. The number of nitrogens with one attached hydrogen (secondary N) is 3. The van der Waals surface area contributed by atoms with E-state index in [-0.39, 0.29) is 11.8 Å². The molecule has 0 aliphatic rings. The number of carbonyl (C=O) groups excluding carboxylic acids is 2. The summed E-state index contributed by atoms with van der Waals surface area (Å²) in [6.45, 7) is 3.77. The van der Waals surface area contributed by atoms with Crippen molar-refractivity contribution in [2.45, 2.75) is 58.3 Å². The summed E-state index contributed by atoms with van der Waals surface area (Å²) in [6.07, 6.45) is 12.4. The maximum Gasteiger partial charge on any atom is 0.255 e. The van der Waals surface area contributed by atoms with Gasteiger partial charge in [-0.2, -0.15) is 11.8 Å². The van der Waals surface area contributed by atoms with Gasteiger partial charge in [0.05, 0.1) is 12.8 Å². The van der Waals surface area contributed by atoms with Crippen molar-refractivity contribution in [1.82, 2.24) is 5.32 Å². The number of unbranched alkanes of at least 4 members (excludes halogenated alkanes) is 7. The molecule has 0 aromatic heterocycles. The number of thioether (sulfide) groups is 1. The van der Waals surface area contributed by atoms with Gasteiger partial charge in [0.25, 0.3) is 11.8 Å². The second kappa shape index (κ2) is 16.9. The molecular formula is C28H41N3O3S. The standard InChI is InChI=1S/C28H41N3O3S/c1-4-5-6-7-8-9-10-11-18-29-24-15-12-22(13-16-24)28(33)31-25-21-23(14-17-26(25)34-2)27(32)30-19-20-35-3/h12-17,21,29H,4-11,18-20H2,1-3H3,(H,30,32)(H,31,33). The molecule has 7 heteroatoms. The number of hydrogen-bond donors (Lipinski definition) is 3. The van der Waals surface area contributed by atoms with E-state index in [4.69, 9.17) is 4.74 Å². The first kappa shape index (κ1) is 28.6. The molecule has 0 saturated heterocycles.